The number of hydrogen-bond acceptors (Lipinski definition) is 5. The summed E-state index contributed by atoms with van der Waals surface area (Å²) in [4.78, 5) is 31.9. The Morgan fingerprint density at radius 1 is 1.29 bits per heavy atom. The summed E-state index contributed by atoms with van der Waals surface area (Å²) in [5.41, 5.74) is 2.34. The van der Waals surface area contributed by atoms with Gasteiger partial charge in [-0.2, -0.15) is 10.4 Å². The summed E-state index contributed by atoms with van der Waals surface area (Å²) in [5.74, 6) is -0.914. The molecule has 2 N–H and O–H groups in total. The van der Waals surface area contributed by atoms with E-state index in [2.05, 4.69) is 26.6 Å². The van der Waals surface area contributed by atoms with E-state index >= 15 is 0 Å². The van der Waals surface area contributed by atoms with Gasteiger partial charge in [-0.3, -0.25) is 14.7 Å². The normalized spacial score (nSPS) is 19.8. The van der Waals surface area contributed by atoms with Gasteiger partial charge in [-0.25, -0.2) is 9.37 Å². The minimum absolute atomic E-state index is 0.105. The zero-order valence-corrected chi connectivity index (χ0v) is 18.6. The van der Waals surface area contributed by atoms with Gasteiger partial charge in [0.2, 0.25) is 5.91 Å². The SMILES string of the molecule is Cc1cc(N2CC[C@@](C#N)(C3CC3)C2=O)cc(C(=O)NCc2cc(F)cc(-c3cn[nH]c3)c2)n1. The van der Waals surface area contributed by atoms with Crippen LogP contribution in [0.3, 0.4) is 0 Å². The molecule has 0 radical (unpaired) electrons. The fraction of sp³-hybridized carbons (Fsp3) is 0.320. The highest BCUT2D eigenvalue weighted by Gasteiger charge is 2.56. The van der Waals surface area contributed by atoms with Crippen LogP contribution in [0.1, 0.15) is 41.0 Å². The first kappa shape index (κ1) is 21.8. The van der Waals surface area contributed by atoms with Crippen molar-refractivity contribution in [1.82, 2.24) is 20.5 Å². The zero-order chi connectivity index (χ0) is 23.9. The number of amides is 2. The topological polar surface area (TPSA) is 115 Å². The van der Waals surface area contributed by atoms with Crippen LogP contribution in [0.4, 0.5) is 10.1 Å². The molecular formula is C25H23FN6O2. The van der Waals surface area contributed by atoms with Crippen molar-refractivity contribution < 1.29 is 14.0 Å². The molecule has 0 spiro atoms. The lowest BCUT2D eigenvalue weighted by Gasteiger charge is -2.21. The minimum atomic E-state index is -0.955. The summed E-state index contributed by atoms with van der Waals surface area (Å²) < 4.78 is 14.1. The number of carbonyl (C=O) groups excluding carboxylic acids is 2. The summed E-state index contributed by atoms with van der Waals surface area (Å²) in [6.45, 7) is 2.30. The van der Waals surface area contributed by atoms with Crippen LogP contribution in [0.15, 0.2) is 42.7 Å². The Kier molecular flexibility index (Phi) is 5.36. The predicted molar refractivity (Wildman–Crippen MR) is 122 cm³/mol. The molecule has 172 valence electrons. The maximum absolute atomic E-state index is 14.1. The van der Waals surface area contributed by atoms with E-state index in [0.29, 0.717) is 35.5 Å². The minimum Gasteiger partial charge on any atom is -0.347 e. The number of aromatic amines is 1. The fourth-order valence-corrected chi connectivity index (χ4v) is 4.66. The van der Waals surface area contributed by atoms with Crippen molar-refractivity contribution in [2.24, 2.45) is 11.3 Å². The number of halogens is 1. The van der Waals surface area contributed by atoms with Crippen LogP contribution in [-0.2, 0) is 11.3 Å². The molecular weight excluding hydrogens is 435 g/mol. The van der Waals surface area contributed by atoms with Crippen LogP contribution in [0, 0.1) is 35.4 Å². The van der Waals surface area contributed by atoms with Crippen molar-refractivity contribution in [2.75, 3.05) is 11.4 Å². The molecule has 1 saturated carbocycles. The molecule has 2 aliphatic rings. The van der Waals surface area contributed by atoms with Crippen LogP contribution in [0.5, 0.6) is 0 Å². The molecule has 2 fully saturated rings. The van der Waals surface area contributed by atoms with Gasteiger partial charge in [-0.15, -0.1) is 0 Å². The first-order valence-corrected chi connectivity index (χ1v) is 11.2. The molecule has 1 saturated heterocycles. The van der Waals surface area contributed by atoms with Crippen molar-refractivity contribution in [3.05, 3.63) is 65.5 Å². The van der Waals surface area contributed by atoms with Crippen molar-refractivity contribution >= 4 is 17.5 Å². The largest absolute Gasteiger partial charge is 0.347 e. The number of pyridine rings is 1. The number of rotatable bonds is 6. The molecule has 3 heterocycles. The molecule has 8 nitrogen and oxygen atoms in total. The summed E-state index contributed by atoms with van der Waals surface area (Å²) in [6, 6.07) is 10.1. The number of hydrogen-bond donors (Lipinski definition) is 2. The maximum Gasteiger partial charge on any atom is 0.270 e. The second-order valence-electron chi connectivity index (χ2n) is 8.93. The third kappa shape index (κ3) is 3.92. The van der Waals surface area contributed by atoms with Crippen molar-refractivity contribution in [3.8, 4) is 17.2 Å². The second kappa shape index (κ2) is 8.37. The Balaban J connectivity index is 1.33. The Bertz CT molecular complexity index is 1310. The smallest absolute Gasteiger partial charge is 0.270 e. The lowest BCUT2D eigenvalue weighted by Crippen LogP contribution is -2.35. The van der Waals surface area contributed by atoms with Crippen LogP contribution >= 0.6 is 0 Å². The summed E-state index contributed by atoms with van der Waals surface area (Å²) in [7, 11) is 0. The van der Waals surface area contributed by atoms with E-state index in [1.54, 1.807) is 42.4 Å². The Morgan fingerprint density at radius 3 is 2.82 bits per heavy atom. The molecule has 0 bridgehead atoms. The first-order chi connectivity index (χ1) is 16.4. The van der Waals surface area contributed by atoms with Gasteiger partial charge >= 0.3 is 0 Å². The number of nitrogens with zero attached hydrogens (tertiary/aromatic N) is 4. The first-order valence-electron chi connectivity index (χ1n) is 11.2. The number of aromatic nitrogens is 3. The summed E-state index contributed by atoms with van der Waals surface area (Å²) in [5, 5.41) is 19.1. The molecule has 3 aromatic rings. The Labute approximate surface area is 195 Å². The van der Waals surface area contributed by atoms with E-state index in [1.807, 2.05) is 0 Å². The molecule has 1 aromatic carbocycles. The van der Waals surface area contributed by atoms with Gasteiger partial charge in [-0.05, 0) is 73.6 Å². The zero-order valence-electron chi connectivity index (χ0n) is 18.6. The van der Waals surface area contributed by atoms with Gasteiger partial charge in [0.15, 0.2) is 0 Å². The van der Waals surface area contributed by atoms with Gasteiger partial charge in [0.25, 0.3) is 5.91 Å². The van der Waals surface area contributed by atoms with Crippen molar-refractivity contribution in [2.45, 2.75) is 32.7 Å². The van der Waals surface area contributed by atoms with E-state index in [4.69, 9.17) is 0 Å². The van der Waals surface area contributed by atoms with E-state index in [-0.39, 0.29) is 24.1 Å². The number of benzene rings is 1. The number of anilines is 1. The molecule has 0 unspecified atom stereocenters. The number of H-pyrrole nitrogens is 1. The average Bonchev–Trinajstić information content (AvgIpc) is 3.41. The van der Waals surface area contributed by atoms with E-state index in [9.17, 15) is 19.2 Å². The standard InChI is InChI=1S/C25H23FN6O2/c1-15-6-21(32-5-4-25(14-27,24(32)34)19-2-3-19)10-22(31-15)23(33)28-11-16-7-17(9-20(26)8-16)18-12-29-30-13-18/h6-10,12-13,19H,2-5,11H2,1H3,(H,28,33)(H,29,30)/t25-/m1/s1. The lowest BCUT2D eigenvalue weighted by molar-refractivity contribution is -0.123. The average molecular weight is 458 g/mol. The molecule has 5 rings (SSSR count). The highest BCUT2D eigenvalue weighted by molar-refractivity contribution is 6.03. The summed E-state index contributed by atoms with van der Waals surface area (Å²) >= 11 is 0. The lowest BCUT2D eigenvalue weighted by atomic mass is 9.83. The van der Waals surface area contributed by atoms with Gasteiger partial charge in [0.05, 0.1) is 12.3 Å². The molecule has 1 aliphatic heterocycles. The number of nitrogens with one attached hydrogen (secondary N) is 2. The number of nitriles is 1. The monoisotopic (exact) mass is 458 g/mol. The molecule has 2 amide bonds. The van der Waals surface area contributed by atoms with Gasteiger partial charge < -0.3 is 10.2 Å². The van der Waals surface area contributed by atoms with E-state index in [1.165, 1.54) is 12.1 Å². The molecule has 1 atom stereocenters. The van der Waals surface area contributed by atoms with E-state index in [0.717, 1.165) is 18.4 Å². The van der Waals surface area contributed by atoms with Crippen molar-refractivity contribution in [1.29, 1.82) is 5.26 Å². The predicted octanol–water partition coefficient (Wildman–Crippen LogP) is 3.51. The second-order valence-corrected chi connectivity index (χ2v) is 8.93. The van der Waals surface area contributed by atoms with Crippen LogP contribution in [0.25, 0.3) is 11.1 Å². The molecule has 2 aromatic heterocycles. The Morgan fingerprint density at radius 2 is 2.12 bits per heavy atom. The number of carbonyl (C=O) groups is 2. The van der Waals surface area contributed by atoms with Gasteiger partial charge in [0.1, 0.15) is 16.9 Å². The molecule has 9 heteroatoms. The molecule has 34 heavy (non-hydrogen) atoms. The van der Waals surface area contributed by atoms with Gasteiger partial charge in [-0.1, -0.05) is 0 Å². The van der Waals surface area contributed by atoms with Crippen molar-refractivity contribution in [3.63, 3.8) is 0 Å². The quantitative estimate of drug-likeness (QED) is 0.587. The third-order valence-corrected chi connectivity index (χ3v) is 6.56. The highest BCUT2D eigenvalue weighted by atomic mass is 19.1. The van der Waals surface area contributed by atoms with Crippen LogP contribution < -0.4 is 10.2 Å². The molecule has 1 aliphatic carbocycles. The highest BCUT2D eigenvalue weighted by Crippen LogP contribution is 2.51. The Hall–Kier alpha value is -4.06. The van der Waals surface area contributed by atoms with Crippen LogP contribution in [-0.4, -0.2) is 33.5 Å². The fourth-order valence-electron chi connectivity index (χ4n) is 4.66. The summed E-state index contributed by atoms with van der Waals surface area (Å²) in [6.07, 6.45) is 5.56. The third-order valence-electron chi connectivity index (χ3n) is 6.56. The van der Waals surface area contributed by atoms with Gasteiger partial charge in [0, 0.05) is 36.2 Å². The van der Waals surface area contributed by atoms with Crippen LogP contribution in [0.2, 0.25) is 0 Å². The number of aryl methyl sites for hydroxylation is 1. The maximum atomic E-state index is 14.1. The van der Waals surface area contributed by atoms with E-state index < -0.39 is 17.1 Å².